The van der Waals surface area contributed by atoms with E-state index in [-0.39, 0.29) is 16.7 Å². The molecule has 0 bridgehead atoms. The van der Waals surface area contributed by atoms with Gasteiger partial charge in [0, 0.05) is 50.3 Å². The number of benzene rings is 1. The van der Waals surface area contributed by atoms with Crippen LogP contribution in [0.1, 0.15) is 31.4 Å². The number of nitro groups is 1. The van der Waals surface area contributed by atoms with Crippen LogP contribution in [0.3, 0.4) is 0 Å². The summed E-state index contributed by atoms with van der Waals surface area (Å²) in [5, 5.41) is 24.6. The molecular formula is C14H20N2O4. The van der Waals surface area contributed by atoms with Crippen LogP contribution in [-0.4, -0.2) is 35.4 Å². The average molecular weight is 280 g/mol. The van der Waals surface area contributed by atoms with Gasteiger partial charge < -0.3 is 15.2 Å². The lowest BCUT2D eigenvalue weighted by Gasteiger charge is -2.33. The Labute approximate surface area is 117 Å². The quantitative estimate of drug-likeness (QED) is 0.634. The van der Waals surface area contributed by atoms with Crippen LogP contribution in [0.25, 0.3) is 0 Å². The normalized spacial score (nSPS) is 19.5. The van der Waals surface area contributed by atoms with Crippen molar-refractivity contribution in [2.75, 3.05) is 19.8 Å². The van der Waals surface area contributed by atoms with Crippen molar-refractivity contribution in [3.8, 4) is 0 Å². The fraction of sp³-hybridized carbons (Fsp3) is 0.571. The van der Waals surface area contributed by atoms with Gasteiger partial charge in [0.05, 0.1) is 10.5 Å². The van der Waals surface area contributed by atoms with E-state index in [2.05, 4.69) is 5.32 Å². The molecule has 110 valence electrons. The van der Waals surface area contributed by atoms with E-state index < -0.39 is 5.60 Å². The van der Waals surface area contributed by atoms with Crippen LogP contribution in [0.4, 0.5) is 5.69 Å². The molecule has 6 heteroatoms. The minimum atomic E-state index is -0.782. The Balaban J connectivity index is 2.01. The summed E-state index contributed by atoms with van der Waals surface area (Å²) >= 11 is 0. The van der Waals surface area contributed by atoms with Gasteiger partial charge >= 0.3 is 0 Å². The predicted octanol–water partition coefficient (Wildman–Crippen LogP) is 1.79. The van der Waals surface area contributed by atoms with Gasteiger partial charge in [-0.25, -0.2) is 0 Å². The number of ether oxygens (including phenoxy) is 1. The molecule has 0 spiro atoms. The maximum atomic E-state index is 11.0. The van der Waals surface area contributed by atoms with Crippen LogP contribution >= 0.6 is 0 Å². The summed E-state index contributed by atoms with van der Waals surface area (Å²) in [5.74, 6) is 0. The van der Waals surface area contributed by atoms with Crippen molar-refractivity contribution in [2.24, 2.45) is 0 Å². The van der Waals surface area contributed by atoms with Gasteiger partial charge in [-0.2, -0.15) is 0 Å². The van der Waals surface area contributed by atoms with Crippen LogP contribution in [0.2, 0.25) is 0 Å². The molecule has 20 heavy (non-hydrogen) atoms. The van der Waals surface area contributed by atoms with Gasteiger partial charge in [0.15, 0.2) is 0 Å². The lowest BCUT2D eigenvalue weighted by atomic mass is 9.93. The molecule has 1 fully saturated rings. The number of hydrogen-bond donors (Lipinski definition) is 2. The molecule has 0 amide bonds. The Kier molecular flexibility index (Phi) is 4.69. The Morgan fingerprint density at radius 2 is 2.10 bits per heavy atom. The summed E-state index contributed by atoms with van der Waals surface area (Å²) in [6.45, 7) is 3.38. The molecule has 1 atom stereocenters. The van der Waals surface area contributed by atoms with Crippen molar-refractivity contribution in [3.05, 3.63) is 39.9 Å². The van der Waals surface area contributed by atoms with Crippen LogP contribution in [-0.2, 0) is 4.74 Å². The molecule has 0 radical (unpaired) electrons. The SMILES string of the molecule is CC(NCC1(O)CCOCC1)c1ccccc1[N+](=O)[O-]. The van der Waals surface area contributed by atoms with Gasteiger partial charge in [-0.15, -0.1) is 0 Å². The van der Waals surface area contributed by atoms with Crippen molar-refractivity contribution >= 4 is 5.69 Å². The first-order chi connectivity index (χ1) is 9.52. The number of hydrogen-bond acceptors (Lipinski definition) is 5. The van der Waals surface area contributed by atoms with Gasteiger partial charge in [-0.1, -0.05) is 18.2 Å². The maximum absolute atomic E-state index is 11.0. The molecule has 2 rings (SSSR count). The monoisotopic (exact) mass is 280 g/mol. The molecule has 1 unspecified atom stereocenters. The molecule has 1 heterocycles. The molecule has 1 aliphatic heterocycles. The zero-order valence-electron chi connectivity index (χ0n) is 11.5. The number of nitrogens with zero attached hydrogens (tertiary/aromatic N) is 1. The molecule has 2 N–H and O–H groups in total. The van der Waals surface area contributed by atoms with Gasteiger partial charge in [-0.3, -0.25) is 10.1 Å². The third-order valence-corrected chi connectivity index (χ3v) is 3.76. The van der Waals surface area contributed by atoms with E-state index in [4.69, 9.17) is 4.74 Å². The zero-order valence-corrected chi connectivity index (χ0v) is 11.5. The van der Waals surface area contributed by atoms with E-state index in [0.29, 0.717) is 38.2 Å². The van der Waals surface area contributed by atoms with Crippen molar-refractivity contribution in [1.29, 1.82) is 0 Å². The van der Waals surface area contributed by atoms with E-state index in [1.165, 1.54) is 6.07 Å². The maximum Gasteiger partial charge on any atom is 0.274 e. The lowest BCUT2D eigenvalue weighted by molar-refractivity contribution is -0.385. The fourth-order valence-corrected chi connectivity index (χ4v) is 2.40. The largest absolute Gasteiger partial charge is 0.388 e. The third-order valence-electron chi connectivity index (χ3n) is 3.76. The second-order valence-corrected chi connectivity index (χ2v) is 5.26. The first-order valence-corrected chi connectivity index (χ1v) is 6.79. The predicted molar refractivity (Wildman–Crippen MR) is 74.5 cm³/mol. The van der Waals surface area contributed by atoms with E-state index >= 15 is 0 Å². The highest BCUT2D eigenvalue weighted by Crippen LogP contribution is 2.26. The van der Waals surface area contributed by atoms with Gasteiger partial charge in [0.2, 0.25) is 0 Å². The minimum absolute atomic E-state index is 0.103. The van der Waals surface area contributed by atoms with E-state index in [9.17, 15) is 15.2 Å². The number of aliphatic hydroxyl groups is 1. The highest BCUT2D eigenvalue weighted by Gasteiger charge is 2.30. The zero-order chi connectivity index (χ0) is 14.6. The van der Waals surface area contributed by atoms with Gasteiger partial charge in [0.1, 0.15) is 0 Å². The molecular weight excluding hydrogens is 260 g/mol. The lowest BCUT2D eigenvalue weighted by Crippen LogP contribution is -2.45. The summed E-state index contributed by atoms with van der Waals surface area (Å²) in [7, 11) is 0. The minimum Gasteiger partial charge on any atom is -0.388 e. The van der Waals surface area contributed by atoms with Crippen molar-refractivity contribution < 1.29 is 14.8 Å². The smallest absolute Gasteiger partial charge is 0.274 e. The van der Waals surface area contributed by atoms with Crippen LogP contribution in [0.15, 0.2) is 24.3 Å². The first kappa shape index (κ1) is 14.9. The standard InChI is InChI=1S/C14H20N2O4/c1-11(12-4-2-3-5-13(12)16(18)19)15-10-14(17)6-8-20-9-7-14/h2-5,11,15,17H,6-10H2,1H3. The van der Waals surface area contributed by atoms with E-state index in [0.717, 1.165) is 0 Å². The van der Waals surface area contributed by atoms with Crippen molar-refractivity contribution in [2.45, 2.75) is 31.4 Å². The van der Waals surface area contributed by atoms with Gasteiger partial charge in [-0.05, 0) is 6.92 Å². The highest BCUT2D eigenvalue weighted by molar-refractivity contribution is 5.41. The Hall–Kier alpha value is -1.50. The third kappa shape index (κ3) is 3.53. The molecule has 0 saturated carbocycles. The second-order valence-electron chi connectivity index (χ2n) is 5.26. The number of para-hydroxylation sites is 1. The Bertz CT molecular complexity index is 472. The Morgan fingerprint density at radius 3 is 2.75 bits per heavy atom. The van der Waals surface area contributed by atoms with Gasteiger partial charge in [0.25, 0.3) is 5.69 Å². The summed E-state index contributed by atoms with van der Waals surface area (Å²) < 4.78 is 5.23. The first-order valence-electron chi connectivity index (χ1n) is 6.79. The highest BCUT2D eigenvalue weighted by atomic mass is 16.6. The summed E-state index contributed by atoms with van der Waals surface area (Å²) in [6, 6.07) is 6.48. The van der Waals surface area contributed by atoms with Crippen molar-refractivity contribution in [3.63, 3.8) is 0 Å². The molecule has 1 saturated heterocycles. The molecule has 6 nitrogen and oxygen atoms in total. The topological polar surface area (TPSA) is 84.6 Å². The molecule has 1 aromatic rings. The summed E-state index contributed by atoms with van der Waals surface area (Å²) in [4.78, 5) is 10.6. The Morgan fingerprint density at radius 1 is 1.45 bits per heavy atom. The molecule has 1 aliphatic rings. The molecule has 0 aliphatic carbocycles. The van der Waals surface area contributed by atoms with Crippen LogP contribution in [0, 0.1) is 10.1 Å². The van der Waals surface area contributed by atoms with Crippen LogP contribution in [0.5, 0.6) is 0 Å². The van der Waals surface area contributed by atoms with Crippen LogP contribution < -0.4 is 5.32 Å². The molecule has 0 aromatic heterocycles. The number of rotatable bonds is 5. The van der Waals surface area contributed by atoms with E-state index in [1.807, 2.05) is 6.92 Å². The van der Waals surface area contributed by atoms with Crippen molar-refractivity contribution in [1.82, 2.24) is 5.32 Å². The summed E-state index contributed by atoms with van der Waals surface area (Å²) in [6.07, 6.45) is 1.17. The number of nitro benzene ring substituents is 1. The second kappa shape index (κ2) is 6.30. The fourth-order valence-electron chi connectivity index (χ4n) is 2.40. The summed E-state index contributed by atoms with van der Waals surface area (Å²) in [5.41, 5.74) is -0.0459. The molecule has 1 aromatic carbocycles. The average Bonchev–Trinajstić information content (AvgIpc) is 2.45. The van der Waals surface area contributed by atoms with E-state index in [1.54, 1.807) is 18.2 Å². The number of nitrogens with one attached hydrogen (secondary N) is 1.